The molecule has 1 fully saturated rings. The van der Waals surface area contributed by atoms with E-state index in [1.165, 1.54) is 0 Å². The van der Waals surface area contributed by atoms with Crippen molar-refractivity contribution in [3.8, 4) is 0 Å². The van der Waals surface area contributed by atoms with E-state index in [1.807, 2.05) is 0 Å². The van der Waals surface area contributed by atoms with Crippen LogP contribution >= 0.6 is 15.9 Å². The van der Waals surface area contributed by atoms with Gasteiger partial charge in [-0.1, -0.05) is 22.5 Å². The molecule has 1 amide bonds. The van der Waals surface area contributed by atoms with Crippen LogP contribution in [0.2, 0.25) is 0 Å². The second kappa shape index (κ2) is 5.27. The minimum atomic E-state index is -1.02. The summed E-state index contributed by atoms with van der Waals surface area (Å²) in [5.74, 6) is -1.31. The monoisotopic (exact) mass is 277 g/mol. The van der Waals surface area contributed by atoms with Gasteiger partial charge in [0.15, 0.2) is 6.10 Å². The molecule has 0 bridgehead atoms. The second-order valence-corrected chi connectivity index (χ2v) is 4.39. The number of ether oxygens (including phenoxy) is 1. The molecular formula is C9H12BrNO4. The number of halogens is 1. The molecule has 5 nitrogen and oxygen atoms in total. The smallest absolute Gasteiger partial charge is 0.332 e. The van der Waals surface area contributed by atoms with Gasteiger partial charge in [0.05, 0.1) is 0 Å². The summed E-state index contributed by atoms with van der Waals surface area (Å²) < 4.78 is 5.72. The van der Waals surface area contributed by atoms with Crippen LogP contribution in [0.5, 0.6) is 0 Å². The fourth-order valence-electron chi connectivity index (χ4n) is 1.31. The van der Waals surface area contributed by atoms with Gasteiger partial charge in [-0.2, -0.15) is 0 Å². The van der Waals surface area contributed by atoms with Gasteiger partial charge < -0.3 is 15.2 Å². The molecule has 0 aliphatic carbocycles. The molecule has 2 N–H and O–H groups in total. The van der Waals surface area contributed by atoms with E-state index in [1.54, 1.807) is 0 Å². The van der Waals surface area contributed by atoms with Crippen molar-refractivity contribution >= 4 is 27.8 Å². The van der Waals surface area contributed by atoms with Gasteiger partial charge in [0.2, 0.25) is 5.91 Å². The summed E-state index contributed by atoms with van der Waals surface area (Å²) in [6.45, 7) is 3.88. The molecule has 0 unspecified atom stereocenters. The van der Waals surface area contributed by atoms with Gasteiger partial charge in [0.1, 0.15) is 6.10 Å². The quantitative estimate of drug-likeness (QED) is 0.791. The third-order valence-corrected chi connectivity index (χ3v) is 2.32. The summed E-state index contributed by atoms with van der Waals surface area (Å²) >= 11 is 3.10. The summed E-state index contributed by atoms with van der Waals surface area (Å²) in [6.07, 6.45) is -0.689. The van der Waals surface area contributed by atoms with Crippen molar-refractivity contribution in [2.75, 3.05) is 6.54 Å². The van der Waals surface area contributed by atoms with Crippen molar-refractivity contribution in [2.45, 2.75) is 25.0 Å². The largest absolute Gasteiger partial charge is 0.479 e. The lowest BCUT2D eigenvalue weighted by Crippen LogP contribution is -2.36. The third kappa shape index (κ3) is 3.64. The van der Waals surface area contributed by atoms with Crippen molar-refractivity contribution in [1.82, 2.24) is 5.32 Å². The Kier molecular flexibility index (Phi) is 4.28. The van der Waals surface area contributed by atoms with E-state index in [4.69, 9.17) is 9.84 Å². The fourth-order valence-corrected chi connectivity index (χ4v) is 1.45. The number of carbonyl (C=O) groups excluding carboxylic acids is 1. The molecule has 0 saturated carbocycles. The number of aliphatic carboxylic acids is 1. The number of nitrogens with one attached hydrogen (secondary N) is 1. The number of hydrogen-bond donors (Lipinski definition) is 2. The molecule has 1 aliphatic heterocycles. The van der Waals surface area contributed by atoms with Crippen molar-refractivity contribution in [3.63, 3.8) is 0 Å². The standard InChI is InChI=1S/C9H12BrNO4/c1-5(10)4-11-8(12)6-2-3-7(15-6)9(13)14/h6-7H,1-4H2,(H,11,12)(H,13,14)/t6-,7+/m0/s1. The number of carbonyl (C=O) groups is 2. The van der Waals surface area contributed by atoms with E-state index in [-0.39, 0.29) is 5.91 Å². The Morgan fingerprint density at radius 2 is 2.07 bits per heavy atom. The molecule has 6 heteroatoms. The zero-order valence-electron chi connectivity index (χ0n) is 8.03. The molecule has 1 aliphatic rings. The second-order valence-electron chi connectivity index (χ2n) is 3.26. The first kappa shape index (κ1) is 12.2. The Balaban J connectivity index is 2.36. The highest BCUT2D eigenvalue weighted by Gasteiger charge is 2.34. The zero-order chi connectivity index (χ0) is 11.4. The highest BCUT2D eigenvalue weighted by Crippen LogP contribution is 2.19. The zero-order valence-corrected chi connectivity index (χ0v) is 9.62. The minimum absolute atomic E-state index is 0.292. The Labute approximate surface area is 95.6 Å². The van der Waals surface area contributed by atoms with Gasteiger partial charge in [0.25, 0.3) is 0 Å². The molecule has 1 rings (SSSR count). The summed E-state index contributed by atoms with van der Waals surface area (Å²) in [6, 6.07) is 0. The first-order valence-electron chi connectivity index (χ1n) is 4.50. The van der Waals surface area contributed by atoms with Gasteiger partial charge in [-0.15, -0.1) is 0 Å². The number of rotatable bonds is 4. The third-order valence-electron chi connectivity index (χ3n) is 2.04. The average Bonchev–Trinajstić information content (AvgIpc) is 2.62. The number of hydrogen-bond acceptors (Lipinski definition) is 3. The molecular weight excluding hydrogens is 266 g/mol. The normalized spacial score (nSPS) is 24.9. The lowest BCUT2D eigenvalue weighted by atomic mass is 10.2. The van der Waals surface area contributed by atoms with Gasteiger partial charge in [-0.25, -0.2) is 4.79 Å². The highest BCUT2D eigenvalue weighted by molar-refractivity contribution is 9.11. The fraction of sp³-hybridized carbons (Fsp3) is 0.556. The predicted molar refractivity (Wildman–Crippen MR) is 56.6 cm³/mol. The lowest BCUT2D eigenvalue weighted by molar-refractivity contribution is -0.151. The number of carboxylic acids is 1. The Morgan fingerprint density at radius 3 is 2.53 bits per heavy atom. The Hall–Kier alpha value is -0.880. The van der Waals surface area contributed by atoms with Crippen LogP contribution < -0.4 is 5.32 Å². The van der Waals surface area contributed by atoms with Crippen LogP contribution in [0.4, 0.5) is 0 Å². The van der Waals surface area contributed by atoms with E-state index >= 15 is 0 Å². The minimum Gasteiger partial charge on any atom is -0.479 e. The van der Waals surface area contributed by atoms with Crippen LogP contribution in [0.15, 0.2) is 11.1 Å². The maximum Gasteiger partial charge on any atom is 0.332 e. The molecule has 15 heavy (non-hydrogen) atoms. The van der Waals surface area contributed by atoms with Crippen molar-refractivity contribution in [1.29, 1.82) is 0 Å². The van der Waals surface area contributed by atoms with E-state index in [0.29, 0.717) is 23.9 Å². The van der Waals surface area contributed by atoms with Crippen LogP contribution in [0, 0.1) is 0 Å². The van der Waals surface area contributed by atoms with E-state index in [0.717, 1.165) is 0 Å². The summed E-state index contributed by atoms with van der Waals surface area (Å²) in [5, 5.41) is 11.2. The molecule has 0 aromatic heterocycles. The van der Waals surface area contributed by atoms with Crippen LogP contribution in [0.25, 0.3) is 0 Å². The van der Waals surface area contributed by atoms with Crippen LogP contribution in [-0.2, 0) is 14.3 Å². The van der Waals surface area contributed by atoms with Gasteiger partial charge in [-0.3, -0.25) is 4.79 Å². The summed E-state index contributed by atoms with van der Waals surface area (Å²) in [5.41, 5.74) is 0. The first-order chi connectivity index (χ1) is 7.00. The molecule has 2 atom stereocenters. The van der Waals surface area contributed by atoms with Crippen LogP contribution in [0.1, 0.15) is 12.8 Å². The molecule has 0 radical (unpaired) electrons. The SMILES string of the molecule is C=C(Br)CNC(=O)[C@@H]1CC[C@H](C(=O)O)O1. The average molecular weight is 278 g/mol. The van der Waals surface area contributed by atoms with E-state index < -0.39 is 18.2 Å². The van der Waals surface area contributed by atoms with Crippen molar-refractivity contribution in [3.05, 3.63) is 11.1 Å². The lowest BCUT2D eigenvalue weighted by Gasteiger charge is -2.11. The first-order valence-corrected chi connectivity index (χ1v) is 5.29. The number of amides is 1. The van der Waals surface area contributed by atoms with Crippen LogP contribution in [0.3, 0.4) is 0 Å². The molecule has 0 spiro atoms. The Morgan fingerprint density at radius 1 is 1.47 bits per heavy atom. The topological polar surface area (TPSA) is 75.6 Å². The molecule has 84 valence electrons. The van der Waals surface area contributed by atoms with Gasteiger partial charge in [0, 0.05) is 11.0 Å². The molecule has 1 heterocycles. The summed E-state index contributed by atoms with van der Waals surface area (Å²) in [4.78, 5) is 22.0. The Bertz CT molecular complexity index is 292. The van der Waals surface area contributed by atoms with Crippen LogP contribution in [-0.4, -0.2) is 35.7 Å². The molecule has 1 saturated heterocycles. The van der Waals surface area contributed by atoms with Crippen molar-refractivity contribution < 1.29 is 19.4 Å². The van der Waals surface area contributed by atoms with Gasteiger partial charge in [-0.05, 0) is 12.8 Å². The molecule has 0 aromatic rings. The van der Waals surface area contributed by atoms with E-state index in [9.17, 15) is 9.59 Å². The predicted octanol–water partition coefficient (Wildman–Crippen LogP) is 0.643. The molecule has 0 aromatic carbocycles. The van der Waals surface area contributed by atoms with E-state index in [2.05, 4.69) is 27.8 Å². The highest BCUT2D eigenvalue weighted by atomic mass is 79.9. The van der Waals surface area contributed by atoms with Gasteiger partial charge >= 0.3 is 5.97 Å². The number of carboxylic acid groups (broad SMARTS) is 1. The van der Waals surface area contributed by atoms with Crippen molar-refractivity contribution in [2.24, 2.45) is 0 Å². The summed E-state index contributed by atoms with van der Waals surface area (Å²) in [7, 11) is 0. The maximum atomic E-state index is 11.4. The maximum absolute atomic E-state index is 11.4.